The fourth-order valence-corrected chi connectivity index (χ4v) is 3.13. The predicted octanol–water partition coefficient (Wildman–Crippen LogP) is 6.82. The molecule has 0 aliphatic carbocycles. The number of rotatable bonds is 10. The number of para-hydroxylation sites is 1. The van der Waals surface area contributed by atoms with Gasteiger partial charge in [0.25, 0.3) is 0 Å². The highest BCUT2D eigenvalue weighted by Crippen LogP contribution is 2.25. The zero-order valence-corrected chi connectivity index (χ0v) is 16.1. The lowest BCUT2D eigenvalue weighted by Crippen LogP contribution is -2.24. The summed E-state index contributed by atoms with van der Waals surface area (Å²) in [6.45, 7) is 8.04. The van der Waals surface area contributed by atoms with Crippen molar-refractivity contribution in [3.05, 3.63) is 77.3 Å². The minimum absolute atomic E-state index is 0. The SMILES string of the molecule is C=CCCCCc1ccccc1N(CCC)Cc1ccc(Cl)cc1.N. The van der Waals surface area contributed by atoms with Gasteiger partial charge in [-0.2, -0.15) is 0 Å². The smallest absolute Gasteiger partial charge is 0.0429 e. The number of nitrogens with zero attached hydrogens (tertiary/aromatic N) is 1. The Balaban J connectivity index is 0.00000312. The van der Waals surface area contributed by atoms with E-state index in [1.807, 2.05) is 18.2 Å². The maximum Gasteiger partial charge on any atom is 0.0429 e. The molecule has 3 heteroatoms. The van der Waals surface area contributed by atoms with Gasteiger partial charge in [-0.3, -0.25) is 0 Å². The van der Waals surface area contributed by atoms with E-state index in [2.05, 4.69) is 54.8 Å². The summed E-state index contributed by atoms with van der Waals surface area (Å²) in [5, 5.41) is 0.795. The van der Waals surface area contributed by atoms with E-state index in [9.17, 15) is 0 Å². The number of halogens is 1. The second kappa shape index (κ2) is 11.7. The van der Waals surface area contributed by atoms with E-state index in [1.54, 1.807) is 0 Å². The van der Waals surface area contributed by atoms with E-state index < -0.39 is 0 Å². The number of benzene rings is 2. The molecule has 0 heterocycles. The van der Waals surface area contributed by atoms with Crippen LogP contribution in [0.15, 0.2) is 61.2 Å². The molecule has 0 aliphatic rings. The number of hydrogen-bond acceptors (Lipinski definition) is 2. The normalized spacial score (nSPS) is 10.2. The van der Waals surface area contributed by atoms with Gasteiger partial charge in [-0.1, -0.05) is 54.9 Å². The summed E-state index contributed by atoms with van der Waals surface area (Å²) in [5.41, 5.74) is 4.12. The van der Waals surface area contributed by atoms with E-state index in [-0.39, 0.29) is 6.15 Å². The van der Waals surface area contributed by atoms with Gasteiger partial charge in [0.2, 0.25) is 0 Å². The van der Waals surface area contributed by atoms with Gasteiger partial charge in [0.05, 0.1) is 0 Å². The van der Waals surface area contributed by atoms with E-state index in [0.29, 0.717) is 0 Å². The lowest BCUT2D eigenvalue weighted by atomic mass is 10.0. The Bertz CT molecular complexity index is 622. The van der Waals surface area contributed by atoms with Crippen molar-refractivity contribution in [1.29, 1.82) is 0 Å². The Morgan fingerprint density at radius 1 is 1.04 bits per heavy atom. The van der Waals surface area contributed by atoms with Crippen LogP contribution < -0.4 is 11.1 Å². The molecule has 0 aromatic heterocycles. The largest absolute Gasteiger partial charge is 0.367 e. The molecule has 2 aromatic rings. The second-order valence-electron chi connectivity index (χ2n) is 6.21. The van der Waals surface area contributed by atoms with Gasteiger partial charge in [0, 0.05) is 23.8 Å². The van der Waals surface area contributed by atoms with Gasteiger partial charge < -0.3 is 11.1 Å². The molecule has 25 heavy (non-hydrogen) atoms. The van der Waals surface area contributed by atoms with Crippen molar-refractivity contribution in [2.45, 2.75) is 45.6 Å². The predicted molar refractivity (Wildman–Crippen MR) is 112 cm³/mol. The lowest BCUT2D eigenvalue weighted by molar-refractivity contribution is 0.730. The molecule has 0 fully saturated rings. The van der Waals surface area contributed by atoms with Crippen molar-refractivity contribution in [3.8, 4) is 0 Å². The number of anilines is 1. The number of allylic oxidation sites excluding steroid dienone is 1. The highest BCUT2D eigenvalue weighted by molar-refractivity contribution is 6.30. The average Bonchev–Trinajstić information content (AvgIpc) is 2.61. The summed E-state index contributed by atoms with van der Waals surface area (Å²) in [6.07, 6.45) is 7.80. The standard InChI is InChI=1S/C22H28ClN.H3N/c1-3-5-6-7-10-20-11-8-9-12-22(20)24(17-4-2)18-19-13-15-21(23)16-14-19;/h3,8-9,11-16H,1,4-7,10,17-18H2,2H3;1H3. The van der Waals surface area contributed by atoms with E-state index in [4.69, 9.17) is 11.6 Å². The fourth-order valence-electron chi connectivity index (χ4n) is 3.00. The molecule has 0 atom stereocenters. The Hall–Kier alpha value is -1.77. The van der Waals surface area contributed by atoms with Gasteiger partial charge in [0.15, 0.2) is 0 Å². The van der Waals surface area contributed by atoms with E-state index in [0.717, 1.165) is 37.4 Å². The van der Waals surface area contributed by atoms with Crippen LogP contribution in [0.5, 0.6) is 0 Å². The molecule has 0 spiro atoms. The van der Waals surface area contributed by atoms with Crippen LogP contribution in [0.1, 0.15) is 43.7 Å². The van der Waals surface area contributed by atoms with E-state index >= 15 is 0 Å². The van der Waals surface area contributed by atoms with Crippen molar-refractivity contribution in [2.24, 2.45) is 0 Å². The maximum atomic E-state index is 6.01. The zero-order valence-electron chi connectivity index (χ0n) is 15.4. The molecule has 0 saturated heterocycles. The molecule has 136 valence electrons. The first kappa shape index (κ1) is 21.3. The van der Waals surface area contributed by atoms with Crippen molar-refractivity contribution < 1.29 is 0 Å². The Morgan fingerprint density at radius 2 is 1.76 bits per heavy atom. The Labute approximate surface area is 158 Å². The molecule has 2 nitrogen and oxygen atoms in total. The summed E-state index contributed by atoms with van der Waals surface area (Å²) in [6, 6.07) is 17.0. The summed E-state index contributed by atoms with van der Waals surface area (Å²) in [7, 11) is 0. The number of hydrogen-bond donors (Lipinski definition) is 1. The molecule has 0 aliphatic heterocycles. The van der Waals surface area contributed by atoms with Crippen LogP contribution in [0.25, 0.3) is 0 Å². The quantitative estimate of drug-likeness (QED) is 0.374. The van der Waals surface area contributed by atoms with Crippen LogP contribution in [-0.4, -0.2) is 6.54 Å². The Kier molecular flexibility index (Phi) is 9.98. The molecular formula is C22H31ClN2. The maximum absolute atomic E-state index is 6.01. The van der Waals surface area contributed by atoms with Crippen LogP contribution in [-0.2, 0) is 13.0 Å². The second-order valence-corrected chi connectivity index (χ2v) is 6.65. The molecule has 2 aromatic carbocycles. The average molecular weight is 359 g/mol. The summed E-state index contributed by atoms with van der Waals surface area (Å²) >= 11 is 6.01. The van der Waals surface area contributed by atoms with Gasteiger partial charge in [-0.25, -0.2) is 0 Å². The molecular weight excluding hydrogens is 328 g/mol. The van der Waals surface area contributed by atoms with Gasteiger partial charge in [-0.15, -0.1) is 6.58 Å². The molecule has 0 bridgehead atoms. The van der Waals surface area contributed by atoms with Crippen LogP contribution in [0.2, 0.25) is 5.02 Å². The number of unbranched alkanes of at least 4 members (excludes halogenated alkanes) is 2. The fraction of sp³-hybridized carbons (Fsp3) is 0.364. The molecule has 0 unspecified atom stereocenters. The highest BCUT2D eigenvalue weighted by atomic mass is 35.5. The highest BCUT2D eigenvalue weighted by Gasteiger charge is 2.11. The molecule has 3 N–H and O–H groups in total. The van der Waals surface area contributed by atoms with Crippen LogP contribution in [0.3, 0.4) is 0 Å². The number of aryl methyl sites for hydroxylation is 1. The van der Waals surface area contributed by atoms with Crippen LogP contribution >= 0.6 is 11.6 Å². The van der Waals surface area contributed by atoms with Crippen molar-refractivity contribution in [2.75, 3.05) is 11.4 Å². The van der Waals surface area contributed by atoms with Crippen LogP contribution in [0, 0.1) is 0 Å². The molecule has 0 amide bonds. The Morgan fingerprint density at radius 3 is 2.44 bits per heavy atom. The van der Waals surface area contributed by atoms with Crippen LogP contribution in [0.4, 0.5) is 5.69 Å². The van der Waals surface area contributed by atoms with Gasteiger partial charge in [0.1, 0.15) is 0 Å². The van der Waals surface area contributed by atoms with Crippen molar-refractivity contribution in [1.82, 2.24) is 6.15 Å². The van der Waals surface area contributed by atoms with E-state index in [1.165, 1.54) is 29.7 Å². The molecule has 0 radical (unpaired) electrons. The van der Waals surface area contributed by atoms with Crippen molar-refractivity contribution in [3.63, 3.8) is 0 Å². The van der Waals surface area contributed by atoms with Gasteiger partial charge >= 0.3 is 0 Å². The minimum Gasteiger partial charge on any atom is -0.367 e. The third-order valence-electron chi connectivity index (χ3n) is 4.22. The molecule has 0 saturated carbocycles. The first-order valence-electron chi connectivity index (χ1n) is 8.92. The van der Waals surface area contributed by atoms with Gasteiger partial charge in [-0.05, 0) is 61.4 Å². The third kappa shape index (κ3) is 6.93. The lowest BCUT2D eigenvalue weighted by Gasteiger charge is -2.27. The van der Waals surface area contributed by atoms with Crippen molar-refractivity contribution >= 4 is 17.3 Å². The topological polar surface area (TPSA) is 38.2 Å². The minimum atomic E-state index is 0. The summed E-state index contributed by atoms with van der Waals surface area (Å²) < 4.78 is 0. The molecule has 2 rings (SSSR count). The summed E-state index contributed by atoms with van der Waals surface area (Å²) in [4.78, 5) is 2.49. The summed E-state index contributed by atoms with van der Waals surface area (Å²) in [5.74, 6) is 0. The first-order valence-corrected chi connectivity index (χ1v) is 9.30. The first-order chi connectivity index (χ1) is 11.7. The zero-order chi connectivity index (χ0) is 17.2. The monoisotopic (exact) mass is 358 g/mol. The third-order valence-corrected chi connectivity index (χ3v) is 4.47.